The van der Waals surface area contributed by atoms with Gasteiger partial charge in [-0.1, -0.05) is 48.5 Å². The van der Waals surface area contributed by atoms with Crippen molar-refractivity contribution in [3.05, 3.63) is 71.3 Å². The van der Waals surface area contributed by atoms with Crippen LogP contribution in [0.5, 0.6) is 5.75 Å². The van der Waals surface area contributed by atoms with E-state index in [1.165, 1.54) is 7.11 Å². The second-order valence-electron chi connectivity index (χ2n) is 5.31. The molecule has 0 unspecified atom stereocenters. The standard InChI is InChI=1S/C19H18O3/c1-13-17(15-11-7-8-12-16(15)21-2)19(13,18(20)22-3)14-9-5-4-6-10-14/h4-12H,1-3H3/t19-/m0/s1. The Balaban J connectivity index is 2.15. The van der Waals surface area contributed by atoms with E-state index >= 15 is 0 Å². The van der Waals surface area contributed by atoms with E-state index in [-0.39, 0.29) is 5.97 Å². The van der Waals surface area contributed by atoms with Gasteiger partial charge < -0.3 is 9.47 Å². The highest BCUT2D eigenvalue weighted by molar-refractivity contribution is 6.15. The van der Waals surface area contributed by atoms with E-state index in [4.69, 9.17) is 9.47 Å². The van der Waals surface area contributed by atoms with Crippen LogP contribution in [0.2, 0.25) is 0 Å². The fraction of sp³-hybridized carbons (Fsp3) is 0.211. The summed E-state index contributed by atoms with van der Waals surface area (Å²) < 4.78 is 10.6. The van der Waals surface area contributed by atoms with E-state index in [1.807, 2.05) is 61.5 Å². The van der Waals surface area contributed by atoms with E-state index in [9.17, 15) is 4.79 Å². The molecule has 3 rings (SSSR count). The summed E-state index contributed by atoms with van der Waals surface area (Å²) in [6.45, 7) is 1.98. The maximum absolute atomic E-state index is 12.6. The maximum atomic E-state index is 12.6. The third-order valence-corrected chi connectivity index (χ3v) is 4.32. The van der Waals surface area contributed by atoms with Crippen LogP contribution in [-0.4, -0.2) is 20.2 Å². The fourth-order valence-electron chi connectivity index (χ4n) is 3.24. The van der Waals surface area contributed by atoms with Gasteiger partial charge in [0.1, 0.15) is 11.2 Å². The molecule has 3 heteroatoms. The molecule has 0 heterocycles. The van der Waals surface area contributed by atoms with Crippen molar-refractivity contribution in [2.45, 2.75) is 12.3 Å². The Labute approximate surface area is 130 Å². The van der Waals surface area contributed by atoms with E-state index < -0.39 is 5.41 Å². The quantitative estimate of drug-likeness (QED) is 0.808. The van der Waals surface area contributed by atoms with E-state index in [0.717, 1.165) is 28.0 Å². The summed E-state index contributed by atoms with van der Waals surface area (Å²) in [5, 5.41) is 0. The number of hydrogen-bond donors (Lipinski definition) is 0. The summed E-state index contributed by atoms with van der Waals surface area (Å²) in [6.07, 6.45) is 0. The van der Waals surface area contributed by atoms with Crippen molar-refractivity contribution in [3.8, 4) is 5.75 Å². The second kappa shape index (κ2) is 5.34. The predicted molar refractivity (Wildman–Crippen MR) is 85.7 cm³/mol. The molecule has 0 fully saturated rings. The third-order valence-electron chi connectivity index (χ3n) is 4.32. The van der Waals surface area contributed by atoms with Gasteiger partial charge >= 0.3 is 5.97 Å². The Hall–Kier alpha value is -2.55. The van der Waals surface area contributed by atoms with Crippen molar-refractivity contribution >= 4 is 11.5 Å². The maximum Gasteiger partial charge on any atom is 0.325 e. The Kier molecular flexibility index (Phi) is 3.49. The molecule has 0 saturated heterocycles. The summed E-state index contributed by atoms with van der Waals surface area (Å²) in [4.78, 5) is 12.6. The van der Waals surface area contributed by atoms with Crippen LogP contribution in [0.15, 0.2) is 60.2 Å². The van der Waals surface area contributed by atoms with Crippen LogP contribution in [0, 0.1) is 0 Å². The molecule has 0 spiro atoms. The molecule has 22 heavy (non-hydrogen) atoms. The molecule has 2 aromatic carbocycles. The lowest BCUT2D eigenvalue weighted by molar-refractivity contribution is -0.142. The zero-order valence-electron chi connectivity index (χ0n) is 12.9. The molecule has 2 aromatic rings. The van der Waals surface area contributed by atoms with Crippen molar-refractivity contribution in [2.75, 3.05) is 14.2 Å². The van der Waals surface area contributed by atoms with Gasteiger partial charge in [-0.2, -0.15) is 0 Å². The minimum Gasteiger partial charge on any atom is -0.496 e. The van der Waals surface area contributed by atoms with Crippen LogP contribution in [0.25, 0.3) is 5.57 Å². The van der Waals surface area contributed by atoms with Crippen LogP contribution in [0.4, 0.5) is 0 Å². The molecule has 3 nitrogen and oxygen atoms in total. The van der Waals surface area contributed by atoms with Crippen molar-refractivity contribution in [1.82, 2.24) is 0 Å². The van der Waals surface area contributed by atoms with Gasteiger partial charge in [0.05, 0.1) is 14.2 Å². The molecule has 0 bridgehead atoms. The molecular formula is C19H18O3. The number of ether oxygens (including phenoxy) is 2. The van der Waals surface area contributed by atoms with Crippen LogP contribution in [0.1, 0.15) is 18.1 Å². The molecule has 0 amide bonds. The Morgan fingerprint density at radius 3 is 2.23 bits per heavy atom. The van der Waals surface area contributed by atoms with Gasteiger partial charge in [-0.25, -0.2) is 0 Å². The van der Waals surface area contributed by atoms with Crippen LogP contribution in [0.3, 0.4) is 0 Å². The SMILES string of the molecule is COC(=O)[C@]1(c2ccccc2)C(C)=C1c1ccccc1OC. The first-order chi connectivity index (χ1) is 10.7. The summed E-state index contributed by atoms with van der Waals surface area (Å²) in [7, 11) is 3.07. The lowest BCUT2D eigenvalue weighted by atomic mass is 9.86. The lowest BCUT2D eigenvalue weighted by Crippen LogP contribution is -2.27. The summed E-state index contributed by atoms with van der Waals surface area (Å²) in [5.74, 6) is 0.510. The average Bonchev–Trinajstić information content (AvgIpc) is 3.21. The number of methoxy groups -OCH3 is 2. The minimum absolute atomic E-state index is 0.253. The normalized spacial score (nSPS) is 19.8. The highest BCUT2D eigenvalue weighted by Crippen LogP contribution is 2.61. The van der Waals surface area contributed by atoms with Crippen LogP contribution < -0.4 is 4.74 Å². The van der Waals surface area contributed by atoms with Crippen molar-refractivity contribution in [1.29, 1.82) is 0 Å². The van der Waals surface area contributed by atoms with Gasteiger partial charge in [0.25, 0.3) is 0 Å². The first-order valence-electron chi connectivity index (χ1n) is 7.17. The highest BCUT2D eigenvalue weighted by Gasteiger charge is 2.60. The van der Waals surface area contributed by atoms with Gasteiger partial charge in [-0.15, -0.1) is 0 Å². The van der Waals surface area contributed by atoms with Crippen molar-refractivity contribution in [2.24, 2.45) is 0 Å². The summed E-state index contributed by atoms with van der Waals surface area (Å²) in [6, 6.07) is 17.5. The molecule has 0 radical (unpaired) electrons. The molecule has 0 saturated carbocycles. The second-order valence-corrected chi connectivity index (χ2v) is 5.31. The molecule has 0 aromatic heterocycles. The predicted octanol–water partition coefficient (Wildman–Crippen LogP) is 3.59. The number of benzene rings is 2. The number of carbonyl (C=O) groups is 1. The fourth-order valence-corrected chi connectivity index (χ4v) is 3.24. The van der Waals surface area contributed by atoms with Crippen LogP contribution >= 0.6 is 0 Å². The summed E-state index contributed by atoms with van der Waals surface area (Å²) >= 11 is 0. The minimum atomic E-state index is -0.787. The number of carbonyl (C=O) groups excluding carboxylic acids is 1. The largest absolute Gasteiger partial charge is 0.496 e. The number of rotatable bonds is 4. The van der Waals surface area contributed by atoms with Gasteiger partial charge in [-0.3, -0.25) is 4.79 Å². The van der Waals surface area contributed by atoms with Gasteiger partial charge in [-0.05, 0) is 29.7 Å². The number of para-hydroxylation sites is 1. The lowest BCUT2D eigenvalue weighted by Gasteiger charge is -2.18. The van der Waals surface area contributed by atoms with E-state index in [2.05, 4.69) is 0 Å². The molecule has 0 N–H and O–H groups in total. The topological polar surface area (TPSA) is 35.5 Å². The number of esters is 1. The van der Waals surface area contributed by atoms with Gasteiger partial charge in [0.15, 0.2) is 0 Å². The van der Waals surface area contributed by atoms with Crippen molar-refractivity contribution < 1.29 is 14.3 Å². The highest BCUT2D eigenvalue weighted by atomic mass is 16.5. The average molecular weight is 294 g/mol. The molecule has 1 atom stereocenters. The Morgan fingerprint density at radius 1 is 0.955 bits per heavy atom. The zero-order chi connectivity index (χ0) is 15.7. The molecular weight excluding hydrogens is 276 g/mol. The van der Waals surface area contributed by atoms with Crippen LogP contribution in [-0.2, 0) is 14.9 Å². The molecule has 1 aliphatic carbocycles. The van der Waals surface area contributed by atoms with Gasteiger partial charge in [0, 0.05) is 5.56 Å². The Bertz CT molecular complexity index is 746. The van der Waals surface area contributed by atoms with E-state index in [0.29, 0.717) is 0 Å². The first kappa shape index (κ1) is 14.4. The molecule has 0 aliphatic heterocycles. The Morgan fingerprint density at radius 2 is 1.59 bits per heavy atom. The molecule has 1 aliphatic rings. The smallest absolute Gasteiger partial charge is 0.325 e. The van der Waals surface area contributed by atoms with E-state index in [1.54, 1.807) is 7.11 Å². The zero-order valence-corrected chi connectivity index (χ0v) is 12.9. The molecule has 112 valence electrons. The van der Waals surface area contributed by atoms with Crippen molar-refractivity contribution in [3.63, 3.8) is 0 Å². The number of hydrogen-bond acceptors (Lipinski definition) is 3. The summed E-state index contributed by atoms with van der Waals surface area (Å²) in [5.41, 5.74) is 3.07. The first-order valence-corrected chi connectivity index (χ1v) is 7.17. The van der Waals surface area contributed by atoms with Gasteiger partial charge in [0.2, 0.25) is 0 Å². The monoisotopic (exact) mass is 294 g/mol. The third kappa shape index (κ3) is 1.86.